The van der Waals surface area contributed by atoms with E-state index in [2.05, 4.69) is 22.9 Å². The van der Waals surface area contributed by atoms with Crippen molar-refractivity contribution in [1.82, 2.24) is 10.6 Å². The van der Waals surface area contributed by atoms with Crippen LogP contribution in [-0.4, -0.2) is 38.6 Å². The zero-order chi connectivity index (χ0) is 21.0. The molecule has 0 saturated heterocycles. The van der Waals surface area contributed by atoms with Crippen molar-refractivity contribution in [3.05, 3.63) is 23.8 Å². The van der Waals surface area contributed by atoms with E-state index in [-0.39, 0.29) is 5.69 Å². The lowest BCUT2D eigenvalue weighted by Gasteiger charge is -2.26. The van der Waals surface area contributed by atoms with Gasteiger partial charge in [-0.25, -0.2) is 4.79 Å². The van der Waals surface area contributed by atoms with Crippen molar-refractivity contribution in [2.45, 2.75) is 45.7 Å². The maximum atomic E-state index is 13.1. The number of halogens is 3. The first kappa shape index (κ1) is 23.6. The maximum Gasteiger partial charge on any atom is 0.416 e. The van der Waals surface area contributed by atoms with Gasteiger partial charge in [-0.3, -0.25) is 4.79 Å². The number of amides is 3. The van der Waals surface area contributed by atoms with Crippen LogP contribution >= 0.6 is 0 Å². The highest BCUT2D eigenvalue weighted by molar-refractivity contribution is 5.93. The Morgan fingerprint density at radius 3 is 2.50 bits per heavy atom. The second kappa shape index (κ2) is 12.1. The second-order valence-electron chi connectivity index (χ2n) is 6.32. The van der Waals surface area contributed by atoms with Gasteiger partial charge in [0.05, 0.1) is 16.9 Å². The molecule has 6 nitrogen and oxygen atoms in total. The summed E-state index contributed by atoms with van der Waals surface area (Å²) in [6, 6.07) is 2.71. The lowest BCUT2D eigenvalue weighted by atomic mass is 10.1. The Hall–Kier alpha value is -2.45. The van der Waals surface area contributed by atoms with Crippen molar-refractivity contribution in [3.8, 4) is 0 Å². The Morgan fingerprint density at radius 2 is 1.89 bits per heavy atom. The summed E-state index contributed by atoms with van der Waals surface area (Å²) in [5, 5.41) is 7.74. The summed E-state index contributed by atoms with van der Waals surface area (Å²) in [5.41, 5.74) is -0.297. The van der Waals surface area contributed by atoms with Crippen molar-refractivity contribution in [2.75, 3.05) is 36.4 Å². The predicted octanol–water partition coefficient (Wildman–Crippen LogP) is 3.98. The average Bonchev–Trinajstić information content (AvgIpc) is 2.65. The molecule has 0 unspecified atom stereocenters. The van der Waals surface area contributed by atoms with Crippen LogP contribution in [0.4, 0.5) is 29.3 Å². The van der Waals surface area contributed by atoms with Gasteiger partial charge in [-0.15, -0.1) is 0 Å². The molecule has 1 rings (SSSR count). The van der Waals surface area contributed by atoms with Gasteiger partial charge in [-0.05, 0) is 31.5 Å². The van der Waals surface area contributed by atoms with Crippen molar-refractivity contribution in [2.24, 2.45) is 0 Å². The van der Waals surface area contributed by atoms with Gasteiger partial charge in [0, 0.05) is 26.2 Å². The molecule has 1 aromatic carbocycles. The molecule has 3 amide bonds. The largest absolute Gasteiger partial charge is 0.416 e. The van der Waals surface area contributed by atoms with Crippen molar-refractivity contribution in [3.63, 3.8) is 0 Å². The first-order valence-electron chi connectivity index (χ1n) is 9.51. The molecule has 0 aromatic heterocycles. The third-order valence-corrected chi connectivity index (χ3v) is 4.22. The zero-order valence-corrected chi connectivity index (χ0v) is 16.4. The summed E-state index contributed by atoms with van der Waals surface area (Å²) in [7, 11) is 0. The molecule has 9 heteroatoms. The van der Waals surface area contributed by atoms with Crippen LogP contribution in [0.3, 0.4) is 0 Å². The normalized spacial score (nSPS) is 11.0. The van der Waals surface area contributed by atoms with E-state index in [0.29, 0.717) is 38.3 Å². The summed E-state index contributed by atoms with van der Waals surface area (Å²) in [4.78, 5) is 24.4. The molecule has 3 N–H and O–H groups in total. The Labute approximate surface area is 163 Å². The van der Waals surface area contributed by atoms with Gasteiger partial charge in [0.15, 0.2) is 0 Å². The van der Waals surface area contributed by atoms with Gasteiger partial charge in [0.2, 0.25) is 6.41 Å². The summed E-state index contributed by atoms with van der Waals surface area (Å²) in [5.74, 6) is 0. The van der Waals surface area contributed by atoms with E-state index < -0.39 is 17.8 Å². The lowest BCUT2D eigenvalue weighted by molar-refractivity contribution is -0.137. The standard InChI is InChI=1S/C19H29F3N4O2/c1-3-5-6-7-10-24-18(28)25-16-13-15(19(20,21)22)8-9-17(16)26(4-2)12-11-23-14-27/h8-9,13-14H,3-7,10-12H2,1-2H3,(H,23,27)(H2,24,25,28). The van der Waals surface area contributed by atoms with Crippen LogP contribution in [-0.2, 0) is 11.0 Å². The topological polar surface area (TPSA) is 73.5 Å². The highest BCUT2D eigenvalue weighted by Crippen LogP contribution is 2.35. The van der Waals surface area contributed by atoms with Gasteiger partial charge in [0.1, 0.15) is 0 Å². The fourth-order valence-corrected chi connectivity index (χ4v) is 2.72. The van der Waals surface area contributed by atoms with Gasteiger partial charge in [-0.2, -0.15) is 13.2 Å². The summed E-state index contributed by atoms with van der Waals surface area (Å²) in [6.45, 7) is 5.62. The fraction of sp³-hybridized carbons (Fsp3) is 0.579. The number of likely N-dealkylation sites (N-methyl/N-ethyl adjacent to an activating group) is 1. The molecule has 0 fully saturated rings. The van der Waals surface area contributed by atoms with E-state index in [1.807, 2.05) is 6.92 Å². The van der Waals surface area contributed by atoms with E-state index >= 15 is 0 Å². The Bertz CT molecular complexity index is 624. The Kier molecular flexibility index (Phi) is 10.2. The molecule has 0 atom stereocenters. The van der Waals surface area contributed by atoms with Gasteiger partial charge in [0.25, 0.3) is 0 Å². The highest BCUT2D eigenvalue weighted by atomic mass is 19.4. The molecule has 1 aromatic rings. The monoisotopic (exact) mass is 402 g/mol. The number of anilines is 2. The van der Waals surface area contributed by atoms with Crippen LogP contribution < -0.4 is 20.9 Å². The van der Waals surface area contributed by atoms with Gasteiger partial charge in [-0.1, -0.05) is 26.2 Å². The number of benzene rings is 1. The smallest absolute Gasteiger partial charge is 0.368 e. The van der Waals surface area contributed by atoms with Crippen molar-refractivity contribution < 1.29 is 22.8 Å². The highest BCUT2D eigenvalue weighted by Gasteiger charge is 2.31. The molecule has 0 saturated carbocycles. The van der Waals surface area contributed by atoms with Crippen molar-refractivity contribution >= 4 is 23.8 Å². The first-order valence-corrected chi connectivity index (χ1v) is 9.51. The van der Waals surface area contributed by atoms with E-state index in [0.717, 1.165) is 37.8 Å². The number of nitrogens with one attached hydrogen (secondary N) is 3. The van der Waals surface area contributed by atoms with E-state index in [4.69, 9.17) is 0 Å². The minimum atomic E-state index is -4.51. The maximum absolute atomic E-state index is 13.1. The molecule has 0 spiro atoms. The molecule has 0 radical (unpaired) electrons. The Morgan fingerprint density at radius 1 is 1.14 bits per heavy atom. The number of carbonyl (C=O) groups is 2. The lowest BCUT2D eigenvalue weighted by Crippen LogP contribution is -2.34. The number of unbranched alkanes of at least 4 members (excludes halogenated alkanes) is 3. The molecule has 0 heterocycles. The van der Waals surface area contributed by atoms with E-state index in [1.54, 1.807) is 4.90 Å². The number of hydrogen-bond acceptors (Lipinski definition) is 3. The first-order chi connectivity index (χ1) is 13.3. The molecular formula is C19H29F3N4O2. The summed E-state index contributed by atoms with van der Waals surface area (Å²) < 4.78 is 39.3. The molecule has 0 aliphatic carbocycles. The number of rotatable bonds is 12. The van der Waals surface area contributed by atoms with E-state index in [9.17, 15) is 22.8 Å². The van der Waals surface area contributed by atoms with Gasteiger partial charge < -0.3 is 20.9 Å². The minimum absolute atomic E-state index is 0.0776. The molecule has 0 bridgehead atoms. The minimum Gasteiger partial charge on any atom is -0.368 e. The fourth-order valence-electron chi connectivity index (χ4n) is 2.72. The number of hydrogen-bond donors (Lipinski definition) is 3. The third kappa shape index (κ3) is 8.06. The van der Waals surface area contributed by atoms with Crippen molar-refractivity contribution in [1.29, 1.82) is 0 Å². The SMILES string of the molecule is CCCCCCNC(=O)Nc1cc(C(F)(F)F)ccc1N(CC)CCNC=O. The van der Waals surface area contributed by atoms with Crippen LogP contribution in [0.15, 0.2) is 18.2 Å². The molecule has 28 heavy (non-hydrogen) atoms. The van der Waals surface area contributed by atoms with Crippen LogP contribution in [0.2, 0.25) is 0 Å². The van der Waals surface area contributed by atoms with Crippen LogP contribution in [0, 0.1) is 0 Å². The van der Waals surface area contributed by atoms with Crippen LogP contribution in [0.25, 0.3) is 0 Å². The average molecular weight is 402 g/mol. The predicted molar refractivity (Wildman–Crippen MR) is 105 cm³/mol. The number of carbonyl (C=O) groups excluding carboxylic acids is 2. The summed E-state index contributed by atoms with van der Waals surface area (Å²) in [6.07, 6.45) is -0.00545. The number of nitrogens with zero attached hydrogens (tertiary/aromatic N) is 1. The number of urea groups is 1. The molecule has 0 aliphatic heterocycles. The summed E-state index contributed by atoms with van der Waals surface area (Å²) >= 11 is 0. The molecule has 0 aliphatic rings. The van der Waals surface area contributed by atoms with Gasteiger partial charge >= 0.3 is 12.2 Å². The van der Waals surface area contributed by atoms with Crippen LogP contribution in [0.1, 0.15) is 45.1 Å². The third-order valence-electron chi connectivity index (χ3n) is 4.22. The van der Waals surface area contributed by atoms with E-state index in [1.165, 1.54) is 6.07 Å². The molecular weight excluding hydrogens is 373 g/mol. The second-order valence-corrected chi connectivity index (χ2v) is 6.32. The zero-order valence-electron chi connectivity index (χ0n) is 16.4. The number of alkyl halides is 3. The van der Waals surface area contributed by atoms with Crippen LogP contribution in [0.5, 0.6) is 0 Å². The quantitative estimate of drug-likeness (QED) is 0.366. The molecule has 158 valence electrons. The Balaban J connectivity index is 2.93.